The summed E-state index contributed by atoms with van der Waals surface area (Å²) in [5, 5.41) is 3.17. The smallest absolute Gasteiger partial charge is 0.262 e. The van der Waals surface area contributed by atoms with Gasteiger partial charge in [0.05, 0.1) is 7.11 Å². The van der Waals surface area contributed by atoms with Crippen LogP contribution in [-0.2, 0) is 0 Å². The quantitative estimate of drug-likeness (QED) is 0.866. The van der Waals surface area contributed by atoms with Crippen molar-refractivity contribution in [3.63, 3.8) is 0 Å². The molecule has 112 valence electrons. The fourth-order valence-corrected chi connectivity index (χ4v) is 2.80. The Balaban J connectivity index is 2.10. The number of hydrogen-bond donors (Lipinski definition) is 1. The third-order valence-electron chi connectivity index (χ3n) is 3.91. The van der Waals surface area contributed by atoms with E-state index in [0.29, 0.717) is 17.4 Å². The number of nitrogens with zero attached hydrogens (tertiary/aromatic N) is 2. The van der Waals surface area contributed by atoms with Crippen molar-refractivity contribution in [2.24, 2.45) is 5.92 Å². The lowest BCUT2D eigenvalue weighted by Crippen LogP contribution is -2.25. The zero-order valence-electron chi connectivity index (χ0n) is 12.7. The molecule has 1 aliphatic rings. The van der Waals surface area contributed by atoms with Gasteiger partial charge < -0.3 is 14.8 Å². The van der Waals surface area contributed by atoms with Gasteiger partial charge >= 0.3 is 0 Å². The molecule has 0 aromatic carbocycles. The van der Waals surface area contributed by atoms with E-state index >= 15 is 0 Å². The normalized spacial score (nSPS) is 22.4. The van der Waals surface area contributed by atoms with Gasteiger partial charge in [-0.25, -0.2) is 4.98 Å². The summed E-state index contributed by atoms with van der Waals surface area (Å²) >= 11 is 0. The Morgan fingerprint density at radius 2 is 2.15 bits per heavy atom. The molecule has 2 unspecified atom stereocenters. The first-order chi connectivity index (χ1) is 9.78. The van der Waals surface area contributed by atoms with Crippen LogP contribution >= 0.6 is 0 Å². The summed E-state index contributed by atoms with van der Waals surface area (Å²) in [7, 11) is 1.63. The van der Waals surface area contributed by atoms with Crippen LogP contribution in [-0.4, -0.2) is 29.7 Å². The second-order valence-electron chi connectivity index (χ2n) is 5.27. The molecule has 0 aliphatic heterocycles. The molecule has 2 rings (SSSR count). The molecule has 0 amide bonds. The molecule has 1 saturated carbocycles. The molecular weight excluding hydrogens is 254 g/mol. The minimum atomic E-state index is 0.243. The maximum atomic E-state index is 6.08. The van der Waals surface area contributed by atoms with E-state index in [2.05, 4.69) is 22.2 Å². The van der Waals surface area contributed by atoms with Gasteiger partial charge in [0.25, 0.3) is 5.88 Å². The molecule has 0 bridgehead atoms. The molecule has 0 spiro atoms. The van der Waals surface area contributed by atoms with Gasteiger partial charge in [-0.3, -0.25) is 0 Å². The molecule has 2 atom stereocenters. The highest BCUT2D eigenvalue weighted by atomic mass is 16.5. The molecule has 20 heavy (non-hydrogen) atoms. The summed E-state index contributed by atoms with van der Waals surface area (Å²) in [6.45, 7) is 5.06. The molecule has 1 heterocycles. The SMILES string of the molecule is CCNc1ncnc(OC2CCCC(CC)C2)c1OC. The Kier molecular flexibility index (Phi) is 5.44. The number of hydrogen-bond acceptors (Lipinski definition) is 5. The summed E-state index contributed by atoms with van der Waals surface area (Å²) in [6, 6.07) is 0. The summed E-state index contributed by atoms with van der Waals surface area (Å²) < 4.78 is 11.5. The monoisotopic (exact) mass is 279 g/mol. The van der Waals surface area contributed by atoms with Crippen LogP contribution in [0.1, 0.15) is 46.0 Å². The number of nitrogens with one attached hydrogen (secondary N) is 1. The second-order valence-corrected chi connectivity index (χ2v) is 5.27. The zero-order chi connectivity index (χ0) is 14.4. The number of aromatic nitrogens is 2. The van der Waals surface area contributed by atoms with Gasteiger partial charge in [-0.1, -0.05) is 19.8 Å². The van der Waals surface area contributed by atoms with Crippen molar-refractivity contribution in [2.45, 2.75) is 52.1 Å². The van der Waals surface area contributed by atoms with E-state index in [1.807, 2.05) is 6.92 Å². The molecule has 5 heteroatoms. The van der Waals surface area contributed by atoms with Crippen molar-refractivity contribution in [1.29, 1.82) is 0 Å². The molecule has 5 nitrogen and oxygen atoms in total. The van der Waals surface area contributed by atoms with Crippen LogP contribution in [0.2, 0.25) is 0 Å². The highest BCUT2D eigenvalue weighted by Crippen LogP contribution is 2.35. The molecule has 1 aliphatic carbocycles. The van der Waals surface area contributed by atoms with Crippen LogP contribution in [0.4, 0.5) is 5.82 Å². The van der Waals surface area contributed by atoms with Crippen LogP contribution < -0.4 is 14.8 Å². The number of methoxy groups -OCH3 is 1. The van der Waals surface area contributed by atoms with Crippen molar-refractivity contribution < 1.29 is 9.47 Å². The Morgan fingerprint density at radius 3 is 2.85 bits per heavy atom. The number of rotatable bonds is 6. The highest BCUT2D eigenvalue weighted by molar-refractivity contribution is 5.54. The molecule has 0 saturated heterocycles. The minimum absolute atomic E-state index is 0.243. The Labute approximate surface area is 121 Å². The average molecular weight is 279 g/mol. The fraction of sp³-hybridized carbons (Fsp3) is 0.733. The summed E-state index contributed by atoms with van der Waals surface area (Å²) in [6.07, 6.45) is 7.75. The highest BCUT2D eigenvalue weighted by Gasteiger charge is 2.24. The van der Waals surface area contributed by atoms with E-state index in [-0.39, 0.29) is 6.10 Å². The molecule has 1 fully saturated rings. The maximum Gasteiger partial charge on any atom is 0.262 e. The Hall–Kier alpha value is -1.52. The maximum absolute atomic E-state index is 6.08. The largest absolute Gasteiger partial charge is 0.489 e. The van der Waals surface area contributed by atoms with Crippen LogP contribution in [0.15, 0.2) is 6.33 Å². The first-order valence-electron chi connectivity index (χ1n) is 7.57. The van der Waals surface area contributed by atoms with E-state index in [4.69, 9.17) is 9.47 Å². The van der Waals surface area contributed by atoms with Gasteiger partial charge in [-0.05, 0) is 32.1 Å². The first-order valence-corrected chi connectivity index (χ1v) is 7.57. The number of anilines is 1. The van der Waals surface area contributed by atoms with E-state index in [9.17, 15) is 0 Å². The molecular formula is C15H25N3O2. The van der Waals surface area contributed by atoms with E-state index in [1.54, 1.807) is 7.11 Å². The van der Waals surface area contributed by atoms with Gasteiger partial charge in [-0.2, -0.15) is 4.98 Å². The van der Waals surface area contributed by atoms with Crippen LogP contribution in [0.3, 0.4) is 0 Å². The lowest BCUT2D eigenvalue weighted by molar-refractivity contribution is 0.113. The van der Waals surface area contributed by atoms with Crippen molar-refractivity contribution in [3.8, 4) is 11.6 Å². The summed E-state index contributed by atoms with van der Waals surface area (Å²) in [4.78, 5) is 8.44. The third-order valence-corrected chi connectivity index (χ3v) is 3.91. The second kappa shape index (κ2) is 7.31. The van der Waals surface area contributed by atoms with Gasteiger partial charge in [0.1, 0.15) is 12.4 Å². The molecule has 1 N–H and O–H groups in total. The molecule has 0 radical (unpaired) electrons. The van der Waals surface area contributed by atoms with Crippen molar-refractivity contribution in [2.75, 3.05) is 19.0 Å². The fourth-order valence-electron chi connectivity index (χ4n) is 2.80. The molecule has 1 aromatic rings. The predicted molar refractivity (Wildman–Crippen MR) is 79.4 cm³/mol. The van der Waals surface area contributed by atoms with Gasteiger partial charge in [0, 0.05) is 6.54 Å². The third kappa shape index (κ3) is 3.52. The van der Waals surface area contributed by atoms with Crippen LogP contribution in [0, 0.1) is 5.92 Å². The van der Waals surface area contributed by atoms with Crippen molar-refractivity contribution in [1.82, 2.24) is 9.97 Å². The Bertz CT molecular complexity index is 426. The molecule has 1 aromatic heterocycles. The standard InChI is InChI=1S/C15H25N3O2/c1-4-11-7-6-8-12(9-11)20-15-13(19-3)14(16-5-2)17-10-18-15/h10-12H,4-9H2,1-3H3,(H,16,17,18). The van der Waals surface area contributed by atoms with Crippen LogP contribution in [0.25, 0.3) is 0 Å². The van der Waals surface area contributed by atoms with Crippen molar-refractivity contribution >= 4 is 5.82 Å². The van der Waals surface area contributed by atoms with Gasteiger partial charge in [0.2, 0.25) is 5.75 Å². The van der Waals surface area contributed by atoms with Crippen molar-refractivity contribution in [3.05, 3.63) is 6.33 Å². The minimum Gasteiger partial charge on any atom is -0.489 e. The Morgan fingerprint density at radius 1 is 1.30 bits per heavy atom. The lowest BCUT2D eigenvalue weighted by Gasteiger charge is -2.29. The summed E-state index contributed by atoms with van der Waals surface area (Å²) in [5.41, 5.74) is 0. The number of ether oxygens (including phenoxy) is 2. The topological polar surface area (TPSA) is 56.3 Å². The van der Waals surface area contributed by atoms with Crippen LogP contribution in [0.5, 0.6) is 11.6 Å². The first kappa shape index (κ1) is 14.9. The predicted octanol–water partition coefficient (Wildman–Crippen LogP) is 3.26. The average Bonchev–Trinajstić information content (AvgIpc) is 2.48. The van der Waals surface area contributed by atoms with Gasteiger partial charge in [0.15, 0.2) is 5.82 Å². The van der Waals surface area contributed by atoms with E-state index in [1.165, 1.54) is 25.6 Å². The summed E-state index contributed by atoms with van der Waals surface area (Å²) in [5.74, 6) is 2.63. The van der Waals surface area contributed by atoms with E-state index < -0.39 is 0 Å². The lowest BCUT2D eigenvalue weighted by atomic mass is 9.85. The zero-order valence-corrected chi connectivity index (χ0v) is 12.7. The van der Waals surface area contributed by atoms with E-state index in [0.717, 1.165) is 25.3 Å². The van der Waals surface area contributed by atoms with Gasteiger partial charge in [-0.15, -0.1) is 0 Å².